The average Bonchev–Trinajstić information content (AvgIpc) is 2.64. The van der Waals surface area contributed by atoms with Gasteiger partial charge in [-0.25, -0.2) is 0 Å². The van der Waals surface area contributed by atoms with Crippen LogP contribution in [0, 0.1) is 19.3 Å². The van der Waals surface area contributed by atoms with Crippen molar-refractivity contribution in [2.24, 2.45) is 11.1 Å². The summed E-state index contributed by atoms with van der Waals surface area (Å²) in [6.45, 7) is 12.6. The van der Waals surface area contributed by atoms with Gasteiger partial charge in [0.15, 0.2) is 0 Å². The van der Waals surface area contributed by atoms with Crippen molar-refractivity contribution in [3.63, 3.8) is 0 Å². The van der Waals surface area contributed by atoms with Crippen molar-refractivity contribution in [2.45, 2.75) is 46.6 Å². The first-order valence-corrected chi connectivity index (χ1v) is 7.42. The highest BCUT2D eigenvalue weighted by atomic mass is 15.1. The van der Waals surface area contributed by atoms with Crippen LogP contribution in [0.25, 0.3) is 0 Å². The molecule has 106 valence electrons. The van der Waals surface area contributed by atoms with E-state index >= 15 is 0 Å². The van der Waals surface area contributed by atoms with E-state index in [0.29, 0.717) is 5.41 Å². The predicted octanol–water partition coefficient (Wildman–Crippen LogP) is 3.43. The molecule has 1 heterocycles. The zero-order chi connectivity index (χ0) is 14.0. The molecule has 1 aliphatic rings. The minimum absolute atomic E-state index is 0.169. The van der Waals surface area contributed by atoms with E-state index in [0.717, 1.165) is 13.0 Å². The van der Waals surface area contributed by atoms with Crippen molar-refractivity contribution in [3.05, 3.63) is 34.9 Å². The summed E-state index contributed by atoms with van der Waals surface area (Å²) >= 11 is 0. The van der Waals surface area contributed by atoms with Crippen LogP contribution in [-0.4, -0.2) is 24.5 Å². The van der Waals surface area contributed by atoms with Gasteiger partial charge in [0, 0.05) is 12.6 Å². The van der Waals surface area contributed by atoms with Gasteiger partial charge in [-0.05, 0) is 50.8 Å². The van der Waals surface area contributed by atoms with E-state index < -0.39 is 0 Å². The Bertz CT molecular complexity index is 417. The van der Waals surface area contributed by atoms with Crippen LogP contribution in [0.3, 0.4) is 0 Å². The second-order valence-corrected chi connectivity index (χ2v) is 7.01. The molecular formula is C17H28N2. The topological polar surface area (TPSA) is 29.3 Å². The molecule has 1 atom stereocenters. The predicted molar refractivity (Wildman–Crippen MR) is 82.3 cm³/mol. The molecule has 0 radical (unpaired) electrons. The second kappa shape index (κ2) is 5.64. The van der Waals surface area contributed by atoms with Crippen molar-refractivity contribution in [3.8, 4) is 0 Å². The minimum atomic E-state index is 0.169. The number of benzene rings is 1. The van der Waals surface area contributed by atoms with Crippen molar-refractivity contribution >= 4 is 0 Å². The van der Waals surface area contributed by atoms with Gasteiger partial charge in [0.05, 0.1) is 0 Å². The van der Waals surface area contributed by atoms with Crippen molar-refractivity contribution in [1.29, 1.82) is 0 Å². The average molecular weight is 260 g/mol. The zero-order valence-corrected chi connectivity index (χ0v) is 12.9. The van der Waals surface area contributed by atoms with Crippen LogP contribution in [0.5, 0.6) is 0 Å². The Morgan fingerprint density at radius 3 is 2.37 bits per heavy atom. The zero-order valence-electron chi connectivity index (χ0n) is 12.9. The smallest absolute Gasteiger partial charge is 0.0307 e. The molecule has 0 saturated carbocycles. The number of nitrogens with two attached hydrogens (primary N) is 1. The quantitative estimate of drug-likeness (QED) is 0.898. The SMILES string of the molecule is Cc1cc(C)cc(C(N)CCN2CCC(C)(C)C2)c1. The van der Waals surface area contributed by atoms with Crippen LogP contribution in [-0.2, 0) is 0 Å². The Hall–Kier alpha value is -0.860. The Balaban J connectivity index is 1.89. The van der Waals surface area contributed by atoms with Crippen LogP contribution in [0.2, 0.25) is 0 Å². The highest BCUT2D eigenvalue weighted by molar-refractivity contribution is 5.30. The Labute approximate surface area is 118 Å². The summed E-state index contributed by atoms with van der Waals surface area (Å²) in [6, 6.07) is 6.83. The maximum atomic E-state index is 6.35. The third-order valence-corrected chi connectivity index (χ3v) is 4.18. The largest absolute Gasteiger partial charge is 0.324 e. The van der Waals surface area contributed by atoms with Gasteiger partial charge < -0.3 is 10.6 Å². The Morgan fingerprint density at radius 2 is 1.84 bits per heavy atom. The normalized spacial score (nSPS) is 20.7. The molecule has 0 amide bonds. The fourth-order valence-electron chi connectivity index (χ4n) is 3.13. The molecular weight excluding hydrogens is 232 g/mol. The monoisotopic (exact) mass is 260 g/mol. The molecule has 0 spiro atoms. The van der Waals surface area contributed by atoms with Gasteiger partial charge in [-0.3, -0.25) is 0 Å². The molecule has 1 aromatic carbocycles. The number of nitrogens with zero attached hydrogens (tertiary/aromatic N) is 1. The molecule has 0 aromatic heterocycles. The fourth-order valence-corrected chi connectivity index (χ4v) is 3.13. The van der Waals surface area contributed by atoms with Crippen LogP contribution in [0.15, 0.2) is 18.2 Å². The number of aryl methyl sites for hydroxylation is 2. The summed E-state index contributed by atoms with van der Waals surface area (Å²) in [4.78, 5) is 2.56. The number of likely N-dealkylation sites (tertiary alicyclic amines) is 1. The minimum Gasteiger partial charge on any atom is -0.324 e. The van der Waals surface area contributed by atoms with Gasteiger partial charge >= 0.3 is 0 Å². The van der Waals surface area contributed by atoms with Crippen LogP contribution >= 0.6 is 0 Å². The van der Waals surface area contributed by atoms with E-state index in [9.17, 15) is 0 Å². The first-order valence-electron chi connectivity index (χ1n) is 7.42. The molecule has 1 saturated heterocycles. The van der Waals surface area contributed by atoms with E-state index in [1.165, 1.54) is 36.2 Å². The number of hydrogen-bond acceptors (Lipinski definition) is 2. The van der Waals surface area contributed by atoms with E-state index in [-0.39, 0.29) is 6.04 Å². The van der Waals surface area contributed by atoms with Crippen molar-refractivity contribution in [1.82, 2.24) is 4.90 Å². The molecule has 1 aromatic rings. The molecule has 1 unspecified atom stereocenters. The van der Waals surface area contributed by atoms with Gasteiger partial charge in [0.25, 0.3) is 0 Å². The summed E-state index contributed by atoms with van der Waals surface area (Å²) in [6.07, 6.45) is 2.37. The van der Waals surface area contributed by atoms with Gasteiger partial charge in [-0.15, -0.1) is 0 Å². The highest BCUT2D eigenvalue weighted by Gasteiger charge is 2.28. The van der Waals surface area contributed by atoms with Gasteiger partial charge in [0.1, 0.15) is 0 Å². The summed E-state index contributed by atoms with van der Waals surface area (Å²) in [5.74, 6) is 0. The molecule has 1 fully saturated rings. The Kier molecular flexibility index (Phi) is 4.32. The lowest BCUT2D eigenvalue weighted by Crippen LogP contribution is -2.27. The first kappa shape index (κ1) is 14.5. The molecule has 0 bridgehead atoms. The lowest BCUT2D eigenvalue weighted by molar-refractivity contribution is 0.281. The standard InChI is InChI=1S/C17H28N2/c1-13-9-14(2)11-15(10-13)16(18)5-7-19-8-6-17(3,4)12-19/h9-11,16H,5-8,12,18H2,1-4H3. The van der Waals surface area contributed by atoms with E-state index in [2.05, 4.69) is 50.8 Å². The number of hydrogen-bond donors (Lipinski definition) is 1. The molecule has 2 nitrogen and oxygen atoms in total. The lowest BCUT2D eigenvalue weighted by Gasteiger charge is -2.21. The van der Waals surface area contributed by atoms with Gasteiger partial charge in [-0.2, -0.15) is 0 Å². The van der Waals surface area contributed by atoms with E-state index in [1.54, 1.807) is 0 Å². The summed E-state index contributed by atoms with van der Waals surface area (Å²) in [5.41, 5.74) is 10.8. The Morgan fingerprint density at radius 1 is 1.21 bits per heavy atom. The number of rotatable bonds is 4. The lowest BCUT2D eigenvalue weighted by atomic mass is 9.93. The molecule has 1 aliphatic heterocycles. The molecule has 2 rings (SSSR count). The first-order chi connectivity index (χ1) is 8.85. The van der Waals surface area contributed by atoms with Gasteiger partial charge in [0.2, 0.25) is 0 Å². The summed E-state index contributed by atoms with van der Waals surface area (Å²) < 4.78 is 0. The fraction of sp³-hybridized carbons (Fsp3) is 0.647. The van der Waals surface area contributed by atoms with Crippen LogP contribution < -0.4 is 5.73 Å². The maximum absolute atomic E-state index is 6.35. The second-order valence-electron chi connectivity index (χ2n) is 7.01. The molecule has 2 heteroatoms. The third-order valence-electron chi connectivity index (χ3n) is 4.18. The maximum Gasteiger partial charge on any atom is 0.0307 e. The van der Waals surface area contributed by atoms with Crippen LogP contribution in [0.1, 0.15) is 49.4 Å². The van der Waals surface area contributed by atoms with E-state index in [4.69, 9.17) is 5.73 Å². The molecule has 0 aliphatic carbocycles. The van der Waals surface area contributed by atoms with Crippen molar-refractivity contribution < 1.29 is 0 Å². The van der Waals surface area contributed by atoms with Crippen LogP contribution in [0.4, 0.5) is 0 Å². The van der Waals surface area contributed by atoms with Gasteiger partial charge in [-0.1, -0.05) is 43.2 Å². The summed E-state index contributed by atoms with van der Waals surface area (Å²) in [7, 11) is 0. The van der Waals surface area contributed by atoms with Crippen molar-refractivity contribution in [2.75, 3.05) is 19.6 Å². The molecule has 19 heavy (non-hydrogen) atoms. The summed E-state index contributed by atoms with van der Waals surface area (Å²) in [5, 5.41) is 0. The third kappa shape index (κ3) is 4.05. The highest BCUT2D eigenvalue weighted by Crippen LogP contribution is 2.29. The van der Waals surface area contributed by atoms with E-state index in [1.807, 2.05) is 0 Å². The molecule has 2 N–H and O–H groups in total.